The maximum Gasteiger partial charge on any atom is 0.330 e. The molecule has 106 valence electrons. The Balaban J connectivity index is 2.24. The Morgan fingerprint density at radius 2 is 1.75 bits per heavy atom. The average molecular weight is 282 g/mol. The fourth-order valence-corrected chi connectivity index (χ4v) is 1.31. The first-order valence-corrected chi connectivity index (χ1v) is 5.75. The molecule has 8 heteroatoms. The Morgan fingerprint density at radius 1 is 1.05 bits per heavy atom. The van der Waals surface area contributed by atoms with Gasteiger partial charge in [-0.3, -0.25) is 0 Å². The number of benzene rings is 1. The van der Waals surface area contributed by atoms with Gasteiger partial charge in [0.2, 0.25) is 5.95 Å². The van der Waals surface area contributed by atoms with E-state index in [2.05, 4.69) is 15.0 Å². The van der Waals surface area contributed by atoms with Crippen molar-refractivity contribution >= 4 is 5.95 Å². The van der Waals surface area contributed by atoms with Crippen molar-refractivity contribution in [2.75, 3.05) is 5.73 Å². The summed E-state index contributed by atoms with van der Waals surface area (Å²) in [5.74, 6) is -2.09. The lowest BCUT2D eigenvalue weighted by Crippen LogP contribution is -2.11. The molecule has 2 N–H and O–H groups in total. The van der Waals surface area contributed by atoms with Gasteiger partial charge in [-0.15, -0.1) is 4.98 Å². The van der Waals surface area contributed by atoms with Gasteiger partial charge in [0, 0.05) is 6.07 Å². The van der Waals surface area contributed by atoms with E-state index in [0.29, 0.717) is 0 Å². The van der Waals surface area contributed by atoms with Crippen LogP contribution in [0.3, 0.4) is 0 Å². The Labute approximate surface area is 113 Å². The van der Waals surface area contributed by atoms with Crippen LogP contribution in [0.1, 0.15) is 13.8 Å². The summed E-state index contributed by atoms with van der Waals surface area (Å²) in [6.45, 7) is 3.58. The van der Waals surface area contributed by atoms with E-state index in [-0.39, 0.29) is 29.8 Å². The minimum absolute atomic E-state index is 0.00918. The minimum atomic E-state index is -1.04. The van der Waals surface area contributed by atoms with Crippen LogP contribution in [-0.2, 0) is 0 Å². The maximum atomic E-state index is 13.1. The number of anilines is 1. The Kier molecular flexibility index (Phi) is 3.92. The van der Waals surface area contributed by atoms with Gasteiger partial charge in [0.25, 0.3) is 0 Å². The van der Waals surface area contributed by atoms with Crippen molar-refractivity contribution in [3.8, 4) is 17.8 Å². The SMILES string of the molecule is CC(C)Oc1nc(N)nc(Oc2ccc(F)c(F)c2)n1. The van der Waals surface area contributed by atoms with E-state index in [1.54, 1.807) is 13.8 Å². The van der Waals surface area contributed by atoms with Crippen LogP contribution < -0.4 is 15.2 Å². The van der Waals surface area contributed by atoms with Crippen molar-refractivity contribution in [2.45, 2.75) is 20.0 Å². The van der Waals surface area contributed by atoms with Crippen molar-refractivity contribution in [1.82, 2.24) is 15.0 Å². The molecule has 0 aliphatic heterocycles. The molecule has 1 aromatic carbocycles. The predicted molar refractivity (Wildman–Crippen MR) is 66.4 cm³/mol. The fraction of sp³-hybridized carbons (Fsp3) is 0.250. The van der Waals surface area contributed by atoms with Gasteiger partial charge in [-0.25, -0.2) is 8.78 Å². The summed E-state index contributed by atoms with van der Waals surface area (Å²) in [5.41, 5.74) is 5.49. The number of halogens is 2. The van der Waals surface area contributed by atoms with Gasteiger partial charge in [0.05, 0.1) is 6.10 Å². The molecule has 0 saturated carbocycles. The fourth-order valence-electron chi connectivity index (χ4n) is 1.31. The van der Waals surface area contributed by atoms with Crippen molar-refractivity contribution in [2.24, 2.45) is 0 Å². The number of aromatic nitrogens is 3. The molecule has 1 aromatic heterocycles. The summed E-state index contributed by atoms with van der Waals surface area (Å²) < 4.78 is 36.3. The van der Waals surface area contributed by atoms with Crippen LogP contribution in [0.15, 0.2) is 18.2 Å². The van der Waals surface area contributed by atoms with E-state index in [9.17, 15) is 8.78 Å². The average Bonchev–Trinajstić information content (AvgIpc) is 2.32. The minimum Gasteiger partial charge on any atom is -0.461 e. The van der Waals surface area contributed by atoms with Crippen molar-refractivity contribution in [3.05, 3.63) is 29.8 Å². The highest BCUT2D eigenvalue weighted by atomic mass is 19.2. The number of rotatable bonds is 4. The molecule has 2 aromatic rings. The van der Waals surface area contributed by atoms with E-state index < -0.39 is 11.6 Å². The molecular weight excluding hydrogens is 270 g/mol. The molecule has 0 unspecified atom stereocenters. The molecule has 2 rings (SSSR count). The second-order valence-electron chi connectivity index (χ2n) is 4.10. The third kappa shape index (κ3) is 3.50. The summed E-state index contributed by atoms with van der Waals surface area (Å²) in [6.07, 6.45) is -0.159. The molecule has 6 nitrogen and oxygen atoms in total. The molecule has 0 fully saturated rings. The summed E-state index contributed by atoms with van der Waals surface area (Å²) >= 11 is 0. The molecule has 0 amide bonds. The van der Waals surface area contributed by atoms with Crippen LogP contribution in [0.2, 0.25) is 0 Å². The smallest absolute Gasteiger partial charge is 0.330 e. The first-order chi connectivity index (χ1) is 9.44. The largest absolute Gasteiger partial charge is 0.461 e. The van der Waals surface area contributed by atoms with E-state index >= 15 is 0 Å². The topological polar surface area (TPSA) is 83.2 Å². The lowest BCUT2D eigenvalue weighted by atomic mass is 10.3. The highest BCUT2D eigenvalue weighted by Crippen LogP contribution is 2.22. The van der Waals surface area contributed by atoms with Crippen LogP contribution in [-0.4, -0.2) is 21.1 Å². The summed E-state index contributed by atoms with van der Waals surface area (Å²) in [6, 6.07) is 2.87. The van der Waals surface area contributed by atoms with Crippen LogP contribution in [0.5, 0.6) is 17.8 Å². The van der Waals surface area contributed by atoms with Gasteiger partial charge in [-0.1, -0.05) is 0 Å². The molecule has 0 aliphatic carbocycles. The molecule has 0 radical (unpaired) electrons. The Morgan fingerprint density at radius 3 is 2.40 bits per heavy atom. The lowest BCUT2D eigenvalue weighted by Gasteiger charge is -2.09. The number of nitrogens with two attached hydrogens (primary N) is 1. The summed E-state index contributed by atoms with van der Waals surface area (Å²) in [4.78, 5) is 11.4. The van der Waals surface area contributed by atoms with Crippen molar-refractivity contribution in [3.63, 3.8) is 0 Å². The quantitative estimate of drug-likeness (QED) is 0.926. The van der Waals surface area contributed by atoms with Crippen LogP contribution in [0.4, 0.5) is 14.7 Å². The van der Waals surface area contributed by atoms with Gasteiger partial charge in [-0.2, -0.15) is 9.97 Å². The predicted octanol–water partition coefficient (Wildman–Crippen LogP) is 2.31. The van der Waals surface area contributed by atoms with Gasteiger partial charge in [0.1, 0.15) is 5.75 Å². The molecule has 1 heterocycles. The standard InChI is InChI=1S/C12H12F2N4O2/c1-6(2)19-11-16-10(15)17-12(18-11)20-7-3-4-8(13)9(14)5-7/h3-6H,1-2H3,(H2,15,16,17,18). The lowest BCUT2D eigenvalue weighted by molar-refractivity contribution is 0.219. The maximum absolute atomic E-state index is 13.1. The number of hydrogen-bond donors (Lipinski definition) is 1. The van der Waals surface area contributed by atoms with Gasteiger partial charge in [-0.05, 0) is 26.0 Å². The second-order valence-corrected chi connectivity index (χ2v) is 4.10. The monoisotopic (exact) mass is 282 g/mol. The molecule has 0 bridgehead atoms. The highest BCUT2D eigenvalue weighted by molar-refractivity contribution is 5.28. The van der Waals surface area contributed by atoms with Gasteiger partial charge >= 0.3 is 12.0 Å². The van der Waals surface area contributed by atoms with Crippen molar-refractivity contribution < 1.29 is 18.3 Å². The second kappa shape index (κ2) is 5.64. The third-order valence-electron chi connectivity index (χ3n) is 2.05. The number of ether oxygens (including phenoxy) is 2. The molecule has 0 saturated heterocycles. The van der Waals surface area contributed by atoms with Crippen LogP contribution >= 0.6 is 0 Å². The van der Waals surface area contributed by atoms with Crippen molar-refractivity contribution in [1.29, 1.82) is 0 Å². The first-order valence-electron chi connectivity index (χ1n) is 5.75. The number of hydrogen-bond acceptors (Lipinski definition) is 6. The highest BCUT2D eigenvalue weighted by Gasteiger charge is 2.10. The van der Waals surface area contributed by atoms with E-state index in [1.807, 2.05) is 0 Å². The van der Waals surface area contributed by atoms with E-state index in [1.165, 1.54) is 6.07 Å². The Hall–Kier alpha value is -2.51. The summed E-state index contributed by atoms with van der Waals surface area (Å²) in [7, 11) is 0. The first kappa shape index (κ1) is 13.9. The van der Waals surface area contributed by atoms with Crippen LogP contribution in [0.25, 0.3) is 0 Å². The Bertz CT molecular complexity index is 622. The third-order valence-corrected chi connectivity index (χ3v) is 2.05. The summed E-state index contributed by atoms with van der Waals surface area (Å²) in [5, 5.41) is 0. The van der Waals surface area contributed by atoms with Gasteiger partial charge in [0.15, 0.2) is 11.6 Å². The normalized spacial score (nSPS) is 10.7. The molecule has 0 aliphatic rings. The number of nitrogen functional groups attached to an aromatic ring is 1. The number of nitrogens with zero attached hydrogens (tertiary/aromatic N) is 3. The molecular formula is C12H12F2N4O2. The molecule has 20 heavy (non-hydrogen) atoms. The zero-order valence-corrected chi connectivity index (χ0v) is 10.8. The van der Waals surface area contributed by atoms with E-state index in [0.717, 1.165) is 12.1 Å². The molecule has 0 spiro atoms. The van der Waals surface area contributed by atoms with E-state index in [4.69, 9.17) is 15.2 Å². The zero-order valence-electron chi connectivity index (χ0n) is 10.8. The van der Waals surface area contributed by atoms with Crippen LogP contribution in [0, 0.1) is 11.6 Å². The zero-order chi connectivity index (χ0) is 14.7. The van der Waals surface area contributed by atoms with Gasteiger partial charge < -0.3 is 15.2 Å². The molecule has 0 atom stereocenters.